The molecule has 0 aliphatic heterocycles. The average Bonchev–Trinajstić information content (AvgIpc) is 3.41. The van der Waals surface area contributed by atoms with Crippen molar-refractivity contribution in [3.8, 4) is 22.5 Å². The van der Waals surface area contributed by atoms with Gasteiger partial charge in [0.25, 0.3) is 0 Å². The van der Waals surface area contributed by atoms with Gasteiger partial charge in [0.15, 0.2) is 0 Å². The SMILES string of the molecule is CC(c1ccccc1)c1cc[c-]c(-c2ccccn2)c1.[Ir].[c-]1ccc2c(oc3ccccc32)c1-c1ccccn1. The van der Waals surface area contributed by atoms with Gasteiger partial charge in [-0.15, -0.1) is 53.6 Å². The second-order valence-electron chi connectivity index (χ2n) is 9.29. The summed E-state index contributed by atoms with van der Waals surface area (Å²) in [4.78, 5) is 8.77. The molecule has 1 unspecified atom stereocenters. The molecule has 0 amide bonds. The summed E-state index contributed by atoms with van der Waals surface area (Å²) >= 11 is 0. The van der Waals surface area contributed by atoms with Gasteiger partial charge in [-0.05, 0) is 41.1 Å². The third-order valence-electron chi connectivity index (χ3n) is 6.83. The zero-order valence-corrected chi connectivity index (χ0v) is 24.3. The van der Waals surface area contributed by atoms with Gasteiger partial charge < -0.3 is 14.4 Å². The molecule has 7 aromatic rings. The molecule has 1 radical (unpaired) electrons. The fourth-order valence-corrected chi connectivity index (χ4v) is 4.75. The summed E-state index contributed by atoms with van der Waals surface area (Å²) < 4.78 is 5.97. The van der Waals surface area contributed by atoms with E-state index in [2.05, 4.69) is 71.5 Å². The van der Waals surface area contributed by atoms with Crippen molar-refractivity contribution in [3.63, 3.8) is 0 Å². The molecule has 0 spiro atoms. The standard InChI is InChI=1S/C19H16N.C17H10NO.Ir/c1-15(16-8-3-2-4-9-16)17-10-7-11-18(14-17)19-12-5-6-13-20-19;1-2-10-16-12(6-1)13-7-5-8-14(17(13)19-16)15-9-3-4-11-18-15;/h2-10,12-15H,1H3;1-7,9-11H;/q2*-1;. The third kappa shape index (κ3) is 5.79. The Balaban J connectivity index is 0.000000157. The van der Waals surface area contributed by atoms with E-state index in [1.807, 2.05) is 85.1 Å². The zero-order valence-electron chi connectivity index (χ0n) is 21.9. The Labute approximate surface area is 247 Å². The Morgan fingerprint density at radius 1 is 0.625 bits per heavy atom. The fraction of sp³-hybridized carbons (Fsp3) is 0.0556. The van der Waals surface area contributed by atoms with Gasteiger partial charge in [-0.3, -0.25) is 0 Å². The Kier molecular flexibility index (Phi) is 8.61. The number of furan rings is 1. The number of aromatic nitrogens is 2. The Bertz CT molecular complexity index is 1820. The van der Waals surface area contributed by atoms with Crippen molar-refractivity contribution in [2.24, 2.45) is 0 Å². The van der Waals surface area contributed by atoms with Crippen molar-refractivity contribution >= 4 is 21.9 Å². The van der Waals surface area contributed by atoms with Crippen LogP contribution in [-0.4, -0.2) is 9.97 Å². The molecule has 0 N–H and O–H groups in total. The van der Waals surface area contributed by atoms with Crippen LogP contribution in [0.15, 0.2) is 138 Å². The molecule has 0 aliphatic rings. The quantitative estimate of drug-likeness (QED) is 0.173. The first kappa shape index (κ1) is 27.2. The molecule has 40 heavy (non-hydrogen) atoms. The molecule has 7 rings (SSSR count). The molecule has 0 saturated carbocycles. The maximum Gasteiger partial charge on any atom is 0.120 e. The van der Waals surface area contributed by atoms with Gasteiger partial charge in [-0.1, -0.05) is 90.7 Å². The van der Waals surface area contributed by atoms with Crippen LogP contribution in [0.3, 0.4) is 0 Å². The van der Waals surface area contributed by atoms with Crippen LogP contribution in [0.2, 0.25) is 0 Å². The van der Waals surface area contributed by atoms with Crippen molar-refractivity contribution in [1.29, 1.82) is 0 Å². The van der Waals surface area contributed by atoms with E-state index in [4.69, 9.17) is 4.42 Å². The van der Waals surface area contributed by atoms with Gasteiger partial charge >= 0.3 is 0 Å². The molecule has 0 bridgehead atoms. The first-order valence-corrected chi connectivity index (χ1v) is 13.0. The van der Waals surface area contributed by atoms with Gasteiger partial charge in [0.1, 0.15) is 5.58 Å². The zero-order chi connectivity index (χ0) is 26.4. The minimum atomic E-state index is 0. The molecule has 197 valence electrons. The molecule has 4 heteroatoms. The first-order chi connectivity index (χ1) is 19.3. The van der Waals surface area contributed by atoms with E-state index in [9.17, 15) is 0 Å². The smallest absolute Gasteiger partial charge is 0.120 e. The topological polar surface area (TPSA) is 38.9 Å². The van der Waals surface area contributed by atoms with Gasteiger partial charge in [-0.2, -0.15) is 0 Å². The minimum Gasteiger partial charge on any atom is -0.501 e. The summed E-state index contributed by atoms with van der Waals surface area (Å²) in [6.07, 6.45) is 3.60. The van der Waals surface area contributed by atoms with Crippen molar-refractivity contribution in [2.75, 3.05) is 0 Å². The number of rotatable bonds is 4. The summed E-state index contributed by atoms with van der Waals surface area (Å²) in [5.41, 5.74) is 8.17. The average molecular weight is 695 g/mol. The third-order valence-corrected chi connectivity index (χ3v) is 6.83. The number of benzene rings is 4. The molecule has 1 atom stereocenters. The molecule has 3 heterocycles. The second kappa shape index (κ2) is 12.7. The maximum absolute atomic E-state index is 5.97. The van der Waals surface area contributed by atoms with Gasteiger partial charge in [0, 0.05) is 37.9 Å². The molecule has 0 aliphatic carbocycles. The van der Waals surface area contributed by atoms with E-state index in [1.54, 1.807) is 6.20 Å². The van der Waals surface area contributed by atoms with E-state index in [0.29, 0.717) is 5.92 Å². The number of fused-ring (bicyclic) bond motifs is 3. The minimum absolute atomic E-state index is 0. The predicted octanol–water partition coefficient (Wildman–Crippen LogP) is 9.15. The van der Waals surface area contributed by atoms with Gasteiger partial charge in [0.2, 0.25) is 0 Å². The van der Waals surface area contributed by atoms with Crippen molar-refractivity contribution in [2.45, 2.75) is 12.8 Å². The summed E-state index contributed by atoms with van der Waals surface area (Å²) in [5, 5.41) is 2.23. The molecular weight excluding hydrogens is 669 g/mol. The normalized spacial score (nSPS) is 11.3. The Morgan fingerprint density at radius 2 is 1.30 bits per heavy atom. The summed E-state index contributed by atoms with van der Waals surface area (Å²) in [6, 6.07) is 47.2. The van der Waals surface area contributed by atoms with E-state index < -0.39 is 0 Å². The van der Waals surface area contributed by atoms with Crippen molar-refractivity contribution < 1.29 is 24.5 Å². The van der Waals surface area contributed by atoms with E-state index >= 15 is 0 Å². The van der Waals surface area contributed by atoms with Crippen LogP contribution >= 0.6 is 0 Å². The van der Waals surface area contributed by atoms with Crippen LogP contribution in [-0.2, 0) is 20.1 Å². The molecule has 3 nitrogen and oxygen atoms in total. The number of nitrogens with zero attached hydrogens (tertiary/aromatic N) is 2. The molecule has 0 fully saturated rings. The largest absolute Gasteiger partial charge is 0.501 e. The Hall–Kier alpha value is -4.37. The molecule has 3 aromatic heterocycles. The summed E-state index contributed by atoms with van der Waals surface area (Å²) in [6.45, 7) is 2.23. The van der Waals surface area contributed by atoms with Crippen molar-refractivity contribution in [1.82, 2.24) is 9.97 Å². The summed E-state index contributed by atoms with van der Waals surface area (Å²) in [5.74, 6) is 0.369. The predicted molar refractivity (Wildman–Crippen MR) is 158 cm³/mol. The van der Waals surface area contributed by atoms with Crippen LogP contribution < -0.4 is 0 Å². The van der Waals surface area contributed by atoms with Crippen LogP contribution in [0.25, 0.3) is 44.5 Å². The number of para-hydroxylation sites is 1. The monoisotopic (exact) mass is 695 g/mol. The first-order valence-electron chi connectivity index (χ1n) is 13.0. The van der Waals surface area contributed by atoms with Gasteiger partial charge in [0.05, 0.1) is 5.58 Å². The molecule has 0 saturated heterocycles. The summed E-state index contributed by atoms with van der Waals surface area (Å²) in [7, 11) is 0. The van der Waals surface area contributed by atoms with Crippen LogP contribution in [0.4, 0.5) is 0 Å². The van der Waals surface area contributed by atoms with Gasteiger partial charge in [-0.25, -0.2) is 0 Å². The van der Waals surface area contributed by atoms with Crippen LogP contribution in [0.1, 0.15) is 24.0 Å². The van der Waals surface area contributed by atoms with E-state index in [0.717, 1.165) is 44.5 Å². The molecule has 4 aromatic carbocycles. The maximum atomic E-state index is 5.97. The molecular formula is C36H26IrN2O-2. The Morgan fingerprint density at radius 3 is 2.05 bits per heavy atom. The second-order valence-corrected chi connectivity index (χ2v) is 9.29. The van der Waals surface area contributed by atoms with E-state index in [1.165, 1.54) is 11.1 Å². The van der Waals surface area contributed by atoms with Crippen LogP contribution in [0, 0.1) is 12.1 Å². The number of hydrogen-bond donors (Lipinski definition) is 0. The number of hydrogen-bond acceptors (Lipinski definition) is 3. The van der Waals surface area contributed by atoms with Crippen LogP contribution in [0.5, 0.6) is 0 Å². The van der Waals surface area contributed by atoms with Crippen molar-refractivity contribution in [3.05, 3.63) is 157 Å². The number of pyridine rings is 2. The van der Waals surface area contributed by atoms with E-state index in [-0.39, 0.29) is 20.1 Å². The fourth-order valence-electron chi connectivity index (χ4n) is 4.75.